The average Bonchev–Trinajstić information content (AvgIpc) is 2.13. The van der Waals surface area contributed by atoms with Crippen LogP contribution in [0, 0.1) is 6.92 Å². The third kappa shape index (κ3) is 4.72. The minimum absolute atomic E-state index is 0.695. The van der Waals surface area contributed by atoms with Crippen LogP contribution in [0.3, 0.4) is 0 Å². The maximum Gasteiger partial charge on any atom is 0.110 e. The van der Waals surface area contributed by atoms with Crippen molar-refractivity contribution in [2.24, 2.45) is 0 Å². The fraction of sp³-hybridized carbons (Fsp3) is 0.400. The third-order valence-electron chi connectivity index (χ3n) is 1.34. The molecule has 0 heterocycles. The van der Waals surface area contributed by atoms with E-state index < -0.39 is 0 Å². The van der Waals surface area contributed by atoms with Crippen molar-refractivity contribution in [1.82, 2.24) is 0 Å². The van der Waals surface area contributed by atoms with Crippen LogP contribution in [0.25, 0.3) is 0 Å². The highest BCUT2D eigenvalue weighted by Crippen LogP contribution is 2.05. The first-order valence-corrected chi connectivity index (χ1v) is 5.00. The van der Waals surface area contributed by atoms with Crippen LogP contribution < -0.4 is 0 Å². The number of rotatable bonds is 2. The van der Waals surface area contributed by atoms with Crippen LogP contribution in [0.4, 0.5) is 0 Å². The molecule has 68 valence electrons. The molecule has 0 aromatic heterocycles. The van der Waals surface area contributed by atoms with E-state index in [0.29, 0.717) is 6.61 Å². The second kappa shape index (κ2) is 7.55. The lowest BCUT2D eigenvalue weighted by molar-refractivity contribution is 0.418. The zero-order valence-electron chi connectivity index (χ0n) is 7.80. The molecule has 0 unspecified atom stereocenters. The average molecular weight is 278 g/mol. The minimum atomic E-state index is 0.695. The molecule has 1 aromatic rings. The first-order valence-electron chi connectivity index (χ1n) is 4.12. The second-order valence-corrected chi connectivity index (χ2v) is 2.86. The van der Waals surface area contributed by atoms with Gasteiger partial charge in [0.05, 0.1) is 6.61 Å². The summed E-state index contributed by atoms with van der Waals surface area (Å²) in [5.74, 6) is 0. The molecule has 0 aliphatic carbocycles. The molecule has 0 radical (unpaired) electrons. The summed E-state index contributed by atoms with van der Waals surface area (Å²) in [6, 6.07) is 8.33. The number of benzene rings is 1. The third-order valence-corrected chi connectivity index (χ3v) is 1.65. The lowest BCUT2D eigenvalue weighted by Gasteiger charge is -1.96. The van der Waals surface area contributed by atoms with Gasteiger partial charge in [-0.05, 0) is 12.5 Å². The molecule has 0 N–H and O–H groups in total. The van der Waals surface area contributed by atoms with Crippen molar-refractivity contribution < 1.29 is 3.07 Å². The van der Waals surface area contributed by atoms with Crippen LogP contribution in [0.2, 0.25) is 0 Å². The van der Waals surface area contributed by atoms with Gasteiger partial charge in [-0.15, -0.1) is 0 Å². The number of halogens is 1. The Balaban J connectivity index is 0.000000561. The lowest BCUT2D eigenvalue weighted by Crippen LogP contribution is -1.82. The number of hydrogen-bond acceptors (Lipinski definition) is 1. The molecule has 12 heavy (non-hydrogen) atoms. The van der Waals surface area contributed by atoms with Gasteiger partial charge >= 0.3 is 0 Å². The van der Waals surface area contributed by atoms with Crippen molar-refractivity contribution >= 4 is 23.0 Å². The maximum absolute atomic E-state index is 4.94. The number of hydrogen-bond donors (Lipinski definition) is 0. The summed E-state index contributed by atoms with van der Waals surface area (Å²) in [4.78, 5) is 0. The summed E-state index contributed by atoms with van der Waals surface area (Å²) in [5.41, 5.74) is 2.51. The van der Waals surface area contributed by atoms with Crippen LogP contribution >= 0.6 is 23.0 Å². The standard InChI is InChI=1S/C8H9IO.C2H6/c1-7-2-4-8(5-3-7)6-10-9;1-2/h2-5H,6H2,1H3;1-2H3. The Morgan fingerprint density at radius 2 is 1.67 bits per heavy atom. The Morgan fingerprint density at radius 1 is 1.17 bits per heavy atom. The van der Waals surface area contributed by atoms with Crippen LogP contribution in [0.15, 0.2) is 24.3 Å². The Labute approximate surface area is 88.8 Å². The fourth-order valence-corrected chi connectivity index (χ4v) is 1.11. The molecule has 0 fully saturated rings. The van der Waals surface area contributed by atoms with Crippen molar-refractivity contribution in [3.05, 3.63) is 35.4 Å². The smallest absolute Gasteiger partial charge is 0.110 e. The van der Waals surface area contributed by atoms with Crippen LogP contribution in [-0.2, 0) is 9.67 Å². The molecule has 0 amide bonds. The van der Waals surface area contributed by atoms with Crippen molar-refractivity contribution in [2.45, 2.75) is 27.4 Å². The van der Waals surface area contributed by atoms with Gasteiger partial charge in [0, 0.05) is 0 Å². The van der Waals surface area contributed by atoms with Crippen molar-refractivity contribution in [1.29, 1.82) is 0 Å². The highest BCUT2D eigenvalue weighted by molar-refractivity contribution is 14.1. The Kier molecular flexibility index (Phi) is 7.50. The van der Waals surface area contributed by atoms with Gasteiger partial charge in [-0.3, -0.25) is 0 Å². The Morgan fingerprint density at radius 3 is 2.08 bits per heavy atom. The topological polar surface area (TPSA) is 9.23 Å². The van der Waals surface area contributed by atoms with Gasteiger partial charge < -0.3 is 3.07 Å². The predicted molar refractivity (Wildman–Crippen MR) is 61.3 cm³/mol. The molecule has 0 bridgehead atoms. The Hall–Kier alpha value is -0.0900. The van der Waals surface area contributed by atoms with Crippen molar-refractivity contribution in [2.75, 3.05) is 0 Å². The van der Waals surface area contributed by atoms with E-state index in [0.717, 1.165) is 0 Å². The largest absolute Gasteiger partial charge is 0.311 e. The van der Waals surface area contributed by atoms with Crippen LogP contribution in [-0.4, -0.2) is 0 Å². The van der Waals surface area contributed by atoms with E-state index in [9.17, 15) is 0 Å². The SMILES string of the molecule is CC.Cc1ccc(COI)cc1. The minimum Gasteiger partial charge on any atom is -0.311 e. The molecule has 1 nitrogen and oxygen atoms in total. The quantitative estimate of drug-likeness (QED) is 0.746. The van der Waals surface area contributed by atoms with E-state index >= 15 is 0 Å². The second-order valence-electron chi connectivity index (χ2n) is 2.24. The molecule has 0 saturated heterocycles. The summed E-state index contributed by atoms with van der Waals surface area (Å²) in [6.45, 7) is 6.77. The summed E-state index contributed by atoms with van der Waals surface area (Å²) < 4.78 is 4.94. The highest BCUT2D eigenvalue weighted by Gasteiger charge is 1.89. The normalized spacial score (nSPS) is 8.67. The zero-order valence-corrected chi connectivity index (χ0v) is 9.96. The molecule has 0 saturated carbocycles. The van der Waals surface area contributed by atoms with Gasteiger partial charge in [0.1, 0.15) is 23.0 Å². The predicted octanol–water partition coefficient (Wildman–Crippen LogP) is 3.89. The van der Waals surface area contributed by atoms with Crippen LogP contribution in [0.1, 0.15) is 25.0 Å². The summed E-state index contributed by atoms with van der Waals surface area (Å²) in [7, 11) is 0. The van der Waals surface area contributed by atoms with E-state index in [1.807, 2.05) is 36.9 Å². The van der Waals surface area contributed by atoms with Gasteiger partial charge in [0.15, 0.2) is 0 Å². The molecule has 0 aliphatic heterocycles. The molecule has 1 rings (SSSR count). The first kappa shape index (κ1) is 11.9. The summed E-state index contributed by atoms with van der Waals surface area (Å²) >= 11 is 1.90. The molecule has 0 aliphatic rings. The van der Waals surface area contributed by atoms with Gasteiger partial charge in [-0.1, -0.05) is 43.7 Å². The highest BCUT2D eigenvalue weighted by atomic mass is 127. The summed E-state index contributed by atoms with van der Waals surface area (Å²) in [5, 5.41) is 0. The maximum atomic E-state index is 4.94. The van der Waals surface area contributed by atoms with Crippen molar-refractivity contribution in [3.8, 4) is 0 Å². The zero-order chi connectivity index (χ0) is 9.40. The van der Waals surface area contributed by atoms with E-state index in [-0.39, 0.29) is 0 Å². The van der Waals surface area contributed by atoms with Gasteiger partial charge in [0.25, 0.3) is 0 Å². The number of aryl methyl sites for hydroxylation is 1. The molecular formula is C10H15IO. The molecule has 0 spiro atoms. The van der Waals surface area contributed by atoms with Crippen molar-refractivity contribution in [3.63, 3.8) is 0 Å². The van der Waals surface area contributed by atoms with E-state index in [1.54, 1.807) is 0 Å². The van der Waals surface area contributed by atoms with Gasteiger partial charge in [-0.25, -0.2) is 0 Å². The Bertz CT molecular complexity index is 193. The molecule has 0 atom stereocenters. The summed E-state index contributed by atoms with van der Waals surface area (Å²) in [6.07, 6.45) is 0. The molecular weight excluding hydrogens is 263 g/mol. The van der Waals surface area contributed by atoms with E-state index in [1.165, 1.54) is 11.1 Å². The molecule has 1 aromatic carbocycles. The van der Waals surface area contributed by atoms with E-state index in [2.05, 4.69) is 31.2 Å². The first-order chi connectivity index (χ1) is 5.83. The van der Waals surface area contributed by atoms with Gasteiger partial charge in [-0.2, -0.15) is 0 Å². The van der Waals surface area contributed by atoms with Gasteiger partial charge in [0.2, 0.25) is 0 Å². The fourth-order valence-electron chi connectivity index (χ4n) is 0.747. The lowest BCUT2D eigenvalue weighted by atomic mass is 10.2. The monoisotopic (exact) mass is 278 g/mol. The van der Waals surface area contributed by atoms with E-state index in [4.69, 9.17) is 3.07 Å². The van der Waals surface area contributed by atoms with Crippen LogP contribution in [0.5, 0.6) is 0 Å². The molecule has 2 heteroatoms.